The zero-order chi connectivity index (χ0) is 19.1. The monoisotopic (exact) mass is 357 g/mol. The quantitative estimate of drug-likeness (QED) is 0.518. The molecule has 0 saturated heterocycles. The largest absolute Gasteiger partial charge is 0.508 e. The van der Waals surface area contributed by atoms with E-state index < -0.39 is 11.0 Å². The zero-order valence-electron chi connectivity index (χ0n) is 14.1. The molecular formula is C18H19N3O5. The smallest absolute Gasteiger partial charge is 0.270 e. The Bertz CT molecular complexity index is 808. The fraction of sp³-hybridized carbons (Fsp3) is 0.222. The summed E-state index contributed by atoms with van der Waals surface area (Å²) in [4.78, 5) is 33.9. The molecule has 2 rings (SSSR count). The van der Waals surface area contributed by atoms with E-state index in [2.05, 4.69) is 10.6 Å². The highest BCUT2D eigenvalue weighted by Crippen LogP contribution is 2.23. The van der Waals surface area contributed by atoms with Gasteiger partial charge in [-0.25, -0.2) is 0 Å². The van der Waals surface area contributed by atoms with Crippen LogP contribution < -0.4 is 10.6 Å². The molecule has 0 aliphatic heterocycles. The number of hydrogen-bond donors (Lipinski definition) is 3. The number of nitrogens with zero attached hydrogens (tertiary/aromatic N) is 1. The van der Waals surface area contributed by atoms with Crippen LogP contribution in [0.2, 0.25) is 0 Å². The number of amides is 2. The minimum atomic E-state index is -0.576. The lowest BCUT2D eigenvalue weighted by Crippen LogP contribution is -2.32. The van der Waals surface area contributed by atoms with Crippen molar-refractivity contribution in [1.82, 2.24) is 10.6 Å². The molecule has 136 valence electrons. The van der Waals surface area contributed by atoms with Gasteiger partial charge in [0.1, 0.15) is 5.75 Å². The second kappa shape index (κ2) is 8.61. The third-order valence-electron chi connectivity index (χ3n) is 3.72. The highest BCUT2D eigenvalue weighted by molar-refractivity contribution is 5.79. The van der Waals surface area contributed by atoms with Crippen molar-refractivity contribution in [2.24, 2.45) is 0 Å². The summed E-state index contributed by atoms with van der Waals surface area (Å²) in [6.45, 7) is 1.31. The van der Waals surface area contributed by atoms with Crippen LogP contribution >= 0.6 is 0 Å². The lowest BCUT2D eigenvalue weighted by Gasteiger charge is -2.18. The first-order valence-electron chi connectivity index (χ1n) is 7.92. The van der Waals surface area contributed by atoms with Gasteiger partial charge in [0.05, 0.1) is 17.4 Å². The molecule has 0 radical (unpaired) electrons. The van der Waals surface area contributed by atoms with Crippen LogP contribution in [0, 0.1) is 10.1 Å². The first kappa shape index (κ1) is 18.9. The number of nitrogens with one attached hydrogen (secondary N) is 2. The Morgan fingerprint density at radius 2 is 1.88 bits per heavy atom. The summed E-state index contributed by atoms with van der Waals surface area (Å²) in [6.07, 6.45) is -0.000712. The third-order valence-corrected chi connectivity index (χ3v) is 3.72. The van der Waals surface area contributed by atoms with Crippen molar-refractivity contribution in [2.45, 2.75) is 25.9 Å². The van der Waals surface area contributed by atoms with E-state index in [0.717, 1.165) is 5.56 Å². The number of nitro benzene ring substituents is 1. The number of benzene rings is 2. The Morgan fingerprint density at radius 1 is 1.19 bits per heavy atom. The maximum absolute atomic E-state index is 12.2. The number of carbonyl (C=O) groups is 2. The molecule has 0 bridgehead atoms. The van der Waals surface area contributed by atoms with Crippen LogP contribution in [-0.2, 0) is 16.1 Å². The van der Waals surface area contributed by atoms with Gasteiger partial charge in [-0.1, -0.05) is 30.3 Å². The third kappa shape index (κ3) is 5.30. The normalized spacial score (nSPS) is 11.4. The Balaban J connectivity index is 2.03. The second-order valence-electron chi connectivity index (χ2n) is 5.71. The standard InChI is InChI=1S/C18H19N3O5/c1-12(22)20-16(13-5-3-2-4-6-13)10-18(24)19-11-14-9-15(21(25)26)7-8-17(14)23/h2-9,16,23H,10-11H2,1H3,(H,19,24)(H,20,22)/t16-/m0/s1. The van der Waals surface area contributed by atoms with Gasteiger partial charge in [0.2, 0.25) is 11.8 Å². The van der Waals surface area contributed by atoms with Crippen molar-refractivity contribution in [1.29, 1.82) is 0 Å². The molecule has 0 aromatic heterocycles. The van der Waals surface area contributed by atoms with E-state index >= 15 is 0 Å². The number of nitro groups is 1. The Labute approximate surface area is 150 Å². The van der Waals surface area contributed by atoms with E-state index in [9.17, 15) is 24.8 Å². The molecule has 3 N–H and O–H groups in total. The van der Waals surface area contributed by atoms with E-state index in [-0.39, 0.29) is 41.8 Å². The van der Waals surface area contributed by atoms with Crippen molar-refractivity contribution < 1.29 is 19.6 Å². The number of non-ortho nitro benzene ring substituents is 1. The fourth-order valence-electron chi connectivity index (χ4n) is 2.46. The van der Waals surface area contributed by atoms with Gasteiger partial charge in [0.15, 0.2) is 0 Å². The molecule has 2 aromatic carbocycles. The number of phenolic OH excluding ortho intramolecular Hbond substituents is 1. The van der Waals surface area contributed by atoms with Gasteiger partial charge in [0, 0.05) is 31.2 Å². The van der Waals surface area contributed by atoms with Crippen LogP contribution in [-0.4, -0.2) is 21.8 Å². The minimum absolute atomic E-state index is 0.000712. The average Bonchev–Trinajstić information content (AvgIpc) is 2.60. The molecule has 0 fully saturated rings. The van der Waals surface area contributed by atoms with Gasteiger partial charge in [-0.15, -0.1) is 0 Å². The van der Waals surface area contributed by atoms with Gasteiger partial charge in [-0.2, -0.15) is 0 Å². The number of aromatic hydroxyl groups is 1. The summed E-state index contributed by atoms with van der Waals surface area (Å²) >= 11 is 0. The lowest BCUT2D eigenvalue weighted by atomic mass is 10.0. The molecule has 0 spiro atoms. The second-order valence-corrected chi connectivity index (χ2v) is 5.71. The van der Waals surface area contributed by atoms with Crippen molar-refractivity contribution in [2.75, 3.05) is 0 Å². The van der Waals surface area contributed by atoms with E-state index in [1.165, 1.54) is 25.1 Å². The number of rotatable bonds is 7. The van der Waals surface area contributed by atoms with E-state index in [1.54, 1.807) is 12.1 Å². The molecule has 0 aliphatic carbocycles. The minimum Gasteiger partial charge on any atom is -0.508 e. The van der Waals surface area contributed by atoms with Crippen LogP contribution in [0.1, 0.15) is 30.5 Å². The van der Waals surface area contributed by atoms with Crippen LogP contribution in [0.5, 0.6) is 5.75 Å². The van der Waals surface area contributed by atoms with E-state index in [1.807, 2.05) is 18.2 Å². The lowest BCUT2D eigenvalue weighted by molar-refractivity contribution is -0.384. The van der Waals surface area contributed by atoms with E-state index in [0.29, 0.717) is 0 Å². The average molecular weight is 357 g/mol. The number of carbonyl (C=O) groups excluding carboxylic acids is 2. The summed E-state index contributed by atoms with van der Waals surface area (Å²) < 4.78 is 0. The van der Waals surface area contributed by atoms with Crippen LogP contribution in [0.3, 0.4) is 0 Å². The Morgan fingerprint density at radius 3 is 2.50 bits per heavy atom. The van der Waals surface area contributed by atoms with Gasteiger partial charge in [0.25, 0.3) is 5.69 Å². The number of hydrogen-bond acceptors (Lipinski definition) is 5. The van der Waals surface area contributed by atoms with Crippen LogP contribution in [0.4, 0.5) is 5.69 Å². The zero-order valence-corrected chi connectivity index (χ0v) is 14.1. The number of phenols is 1. The first-order chi connectivity index (χ1) is 12.4. The Hall–Kier alpha value is -3.42. The molecule has 26 heavy (non-hydrogen) atoms. The molecule has 0 heterocycles. The maximum Gasteiger partial charge on any atom is 0.270 e. The molecule has 8 nitrogen and oxygen atoms in total. The summed E-state index contributed by atoms with van der Waals surface area (Å²) in [5.41, 5.74) is 0.854. The fourth-order valence-corrected chi connectivity index (χ4v) is 2.46. The molecule has 8 heteroatoms. The summed E-state index contributed by atoms with van der Waals surface area (Å²) in [5.74, 6) is -0.765. The van der Waals surface area contributed by atoms with Gasteiger partial charge < -0.3 is 15.7 Å². The van der Waals surface area contributed by atoms with Crippen LogP contribution in [0.25, 0.3) is 0 Å². The summed E-state index contributed by atoms with van der Waals surface area (Å²) in [6, 6.07) is 12.2. The molecule has 0 aliphatic rings. The molecule has 2 amide bonds. The summed E-state index contributed by atoms with van der Waals surface area (Å²) in [7, 11) is 0. The molecule has 0 unspecified atom stereocenters. The Kier molecular flexibility index (Phi) is 6.26. The molecular weight excluding hydrogens is 338 g/mol. The molecule has 0 saturated carbocycles. The topological polar surface area (TPSA) is 122 Å². The van der Waals surface area contributed by atoms with Crippen molar-refractivity contribution in [3.05, 3.63) is 69.8 Å². The molecule has 1 atom stereocenters. The van der Waals surface area contributed by atoms with Crippen molar-refractivity contribution >= 4 is 17.5 Å². The predicted octanol–water partition coefficient (Wildman–Crippen LogP) is 2.18. The maximum atomic E-state index is 12.2. The molecule has 2 aromatic rings. The van der Waals surface area contributed by atoms with E-state index in [4.69, 9.17) is 0 Å². The van der Waals surface area contributed by atoms with Gasteiger partial charge >= 0.3 is 0 Å². The highest BCUT2D eigenvalue weighted by atomic mass is 16.6. The van der Waals surface area contributed by atoms with Gasteiger partial charge in [-0.3, -0.25) is 19.7 Å². The van der Waals surface area contributed by atoms with Crippen molar-refractivity contribution in [3.63, 3.8) is 0 Å². The van der Waals surface area contributed by atoms with Crippen molar-refractivity contribution in [3.8, 4) is 5.75 Å². The summed E-state index contributed by atoms with van der Waals surface area (Å²) in [5, 5.41) is 25.9. The van der Waals surface area contributed by atoms with Gasteiger partial charge in [-0.05, 0) is 11.6 Å². The van der Waals surface area contributed by atoms with Crippen LogP contribution in [0.15, 0.2) is 48.5 Å². The first-order valence-corrected chi connectivity index (χ1v) is 7.92. The SMILES string of the molecule is CC(=O)N[C@@H](CC(=O)NCc1cc([N+](=O)[O-])ccc1O)c1ccccc1. The highest BCUT2D eigenvalue weighted by Gasteiger charge is 2.17. The predicted molar refractivity (Wildman–Crippen MR) is 94.2 cm³/mol.